The molecule has 2 aliphatic rings. The molecule has 3 rings (SSSR count). The molecule has 0 aliphatic carbocycles. The Bertz CT molecular complexity index is 418. The fraction of sp³-hybridized carbons (Fsp3) is 0.533. The summed E-state index contributed by atoms with van der Waals surface area (Å²) in [7, 11) is 0. The first-order chi connectivity index (χ1) is 8.81. The molecule has 0 radical (unpaired) electrons. The first-order valence-electron chi connectivity index (χ1n) is 6.90. The molecule has 2 fully saturated rings. The molecule has 3 nitrogen and oxygen atoms in total. The van der Waals surface area contributed by atoms with Gasteiger partial charge in [-0.2, -0.15) is 0 Å². The van der Waals surface area contributed by atoms with E-state index in [-0.39, 0.29) is 5.91 Å². The summed E-state index contributed by atoms with van der Waals surface area (Å²) in [6.07, 6.45) is 4.94. The van der Waals surface area contributed by atoms with Crippen LogP contribution in [0.3, 0.4) is 0 Å². The Hall–Kier alpha value is -1.35. The van der Waals surface area contributed by atoms with Crippen LogP contribution < -0.4 is 10.6 Å². The third-order valence-electron chi connectivity index (χ3n) is 4.06. The predicted octanol–water partition coefficient (Wildman–Crippen LogP) is 1.63. The third-order valence-corrected chi connectivity index (χ3v) is 4.06. The smallest absolute Gasteiger partial charge is 0.220 e. The number of rotatable bonds is 2. The topological polar surface area (TPSA) is 41.1 Å². The van der Waals surface area contributed by atoms with Gasteiger partial charge in [-0.05, 0) is 31.2 Å². The molecule has 0 aromatic heterocycles. The molecule has 1 aromatic carbocycles. The van der Waals surface area contributed by atoms with E-state index in [1.54, 1.807) is 0 Å². The maximum Gasteiger partial charge on any atom is 0.220 e. The first kappa shape index (κ1) is 11.7. The molecule has 2 N–H and O–H groups in total. The van der Waals surface area contributed by atoms with E-state index in [0.717, 1.165) is 25.7 Å². The molecule has 3 atom stereocenters. The van der Waals surface area contributed by atoms with Crippen LogP contribution in [0.4, 0.5) is 0 Å². The second-order valence-electron chi connectivity index (χ2n) is 5.46. The highest BCUT2D eigenvalue weighted by Crippen LogP contribution is 2.23. The first-order valence-corrected chi connectivity index (χ1v) is 6.90. The molecule has 1 amide bonds. The normalized spacial score (nSPS) is 31.6. The average Bonchev–Trinajstić information content (AvgIpc) is 2.64. The van der Waals surface area contributed by atoms with Crippen LogP contribution in [0.1, 0.15) is 31.2 Å². The Labute approximate surface area is 108 Å². The van der Waals surface area contributed by atoms with Crippen LogP contribution in [-0.2, 0) is 11.2 Å². The second-order valence-corrected chi connectivity index (χ2v) is 5.46. The summed E-state index contributed by atoms with van der Waals surface area (Å²) in [5.41, 5.74) is 1.37. The summed E-state index contributed by atoms with van der Waals surface area (Å²) in [5.74, 6) is 0.227. The third kappa shape index (κ3) is 2.56. The monoisotopic (exact) mass is 244 g/mol. The number of fused-ring (bicyclic) bond motifs is 1. The van der Waals surface area contributed by atoms with E-state index < -0.39 is 0 Å². The lowest BCUT2D eigenvalue weighted by atomic mass is 10.0. The van der Waals surface area contributed by atoms with Crippen LogP contribution in [0, 0.1) is 0 Å². The number of benzene rings is 1. The van der Waals surface area contributed by atoms with Crippen molar-refractivity contribution in [2.75, 3.05) is 0 Å². The Kier molecular flexibility index (Phi) is 3.33. The Morgan fingerprint density at radius 1 is 1.17 bits per heavy atom. The highest BCUT2D eigenvalue weighted by Gasteiger charge is 2.35. The Morgan fingerprint density at radius 3 is 2.83 bits per heavy atom. The van der Waals surface area contributed by atoms with Crippen molar-refractivity contribution in [2.24, 2.45) is 0 Å². The van der Waals surface area contributed by atoms with E-state index >= 15 is 0 Å². The van der Waals surface area contributed by atoms with Crippen LogP contribution in [0.5, 0.6) is 0 Å². The van der Waals surface area contributed by atoms with Gasteiger partial charge in [0, 0.05) is 24.5 Å². The molecule has 1 aromatic rings. The number of hydrogen-bond acceptors (Lipinski definition) is 2. The van der Waals surface area contributed by atoms with Crippen LogP contribution in [-0.4, -0.2) is 24.0 Å². The molecule has 0 spiro atoms. The lowest BCUT2D eigenvalue weighted by molar-refractivity contribution is -0.121. The summed E-state index contributed by atoms with van der Waals surface area (Å²) in [6, 6.07) is 11.9. The zero-order valence-electron chi connectivity index (χ0n) is 10.6. The quantitative estimate of drug-likeness (QED) is 0.830. The fourth-order valence-corrected chi connectivity index (χ4v) is 3.20. The SMILES string of the molecule is O=C1CCCC2N[C@@H](Cc3ccccc3)CC2N1. The van der Waals surface area contributed by atoms with Crippen molar-refractivity contribution in [1.29, 1.82) is 0 Å². The van der Waals surface area contributed by atoms with Gasteiger partial charge in [-0.25, -0.2) is 0 Å². The van der Waals surface area contributed by atoms with Gasteiger partial charge < -0.3 is 10.6 Å². The maximum atomic E-state index is 11.6. The van der Waals surface area contributed by atoms with E-state index in [9.17, 15) is 4.79 Å². The van der Waals surface area contributed by atoms with Crippen LogP contribution in [0.15, 0.2) is 30.3 Å². The van der Waals surface area contributed by atoms with Gasteiger partial charge in [0.05, 0.1) is 0 Å². The second kappa shape index (κ2) is 5.11. The van der Waals surface area contributed by atoms with Crippen molar-refractivity contribution in [3.8, 4) is 0 Å². The van der Waals surface area contributed by atoms with Crippen LogP contribution in [0.25, 0.3) is 0 Å². The van der Waals surface area contributed by atoms with Crippen LogP contribution >= 0.6 is 0 Å². The van der Waals surface area contributed by atoms with Gasteiger partial charge in [0.25, 0.3) is 0 Å². The number of carbonyl (C=O) groups excluding carboxylic acids is 1. The van der Waals surface area contributed by atoms with E-state index in [0.29, 0.717) is 24.5 Å². The maximum absolute atomic E-state index is 11.6. The Balaban J connectivity index is 1.63. The molecule has 2 heterocycles. The average molecular weight is 244 g/mol. The van der Waals surface area contributed by atoms with Crippen LogP contribution in [0.2, 0.25) is 0 Å². The minimum absolute atomic E-state index is 0.227. The van der Waals surface area contributed by atoms with Crippen molar-refractivity contribution in [1.82, 2.24) is 10.6 Å². The van der Waals surface area contributed by atoms with Crippen molar-refractivity contribution in [2.45, 2.75) is 50.2 Å². The van der Waals surface area contributed by atoms with E-state index in [1.807, 2.05) is 0 Å². The van der Waals surface area contributed by atoms with Gasteiger partial charge in [-0.15, -0.1) is 0 Å². The number of carbonyl (C=O) groups is 1. The molecule has 2 unspecified atom stereocenters. The molecular weight excluding hydrogens is 224 g/mol. The molecule has 2 aliphatic heterocycles. The lowest BCUT2D eigenvalue weighted by Crippen LogP contribution is -2.41. The minimum atomic E-state index is 0.227. The van der Waals surface area contributed by atoms with Crippen molar-refractivity contribution in [3.05, 3.63) is 35.9 Å². The van der Waals surface area contributed by atoms with Gasteiger partial charge in [-0.1, -0.05) is 30.3 Å². The van der Waals surface area contributed by atoms with Gasteiger partial charge in [-0.3, -0.25) is 4.79 Å². The molecule has 0 saturated carbocycles. The van der Waals surface area contributed by atoms with Crippen molar-refractivity contribution < 1.29 is 4.79 Å². The largest absolute Gasteiger partial charge is 0.352 e. The fourth-order valence-electron chi connectivity index (χ4n) is 3.20. The molecule has 96 valence electrons. The zero-order chi connectivity index (χ0) is 12.4. The highest BCUT2D eigenvalue weighted by atomic mass is 16.1. The molecule has 2 saturated heterocycles. The summed E-state index contributed by atoms with van der Waals surface area (Å²) < 4.78 is 0. The predicted molar refractivity (Wildman–Crippen MR) is 71.3 cm³/mol. The summed E-state index contributed by atoms with van der Waals surface area (Å²) in [5, 5.41) is 6.84. The van der Waals surface area contributed by atoms with Gasteiger partial charge in [0.1, 0.15) is 0 Å². The van der Waals surface area contributed by atoms with Crippen molar-refractivity contribution >= 4 is 5.91 Å². The number of nitrogens with one attached hydrogen (secondary N) is 2. The summed E-state index contributed by atoms with van der Waals surface area (Å²) >= 11 is 0. The number of amides is 1. The molecule has 18 heavy (non-hydrogen) atoms. The van der Waals surface area contributed by atoms with Crippen molar-refractivity contribution in [3.63, 3.8) is 0 Å². The van der Waals surface area contributed by atoms with Gasteiger partial charge in [0.15, 0.2) is 0 Å². The highest BCUT2D eigenvalue weighted by molar-refractivity contribution is 5.76. The Morgan fingerprint density at radius 2 is 2.00 bits per heavy atom. The van der Waals surface area contributed by atoms with E-state index in [2.05, 4.69) is 41.0 Å². The van der Waals surface area contributed by atoms with E-state index in [1.165, 1.54) is 5.56 Å². The standard InChI is InChI=1S/C15H20N2O/c18-15-8-4-7-13-14(17-15)10-12(16-13)9-11-5-2-1-3-6-11/h1-3,5-6,12-14,16H,4,7-10H2,(H,17,18)/t12-,13?,14?/m0/s1. The molecule has 0 bridgehead atoms. The zero-order valence-corrected chi connectivity index (χ0v) is 10.6. The summed E-state index contributed by atoms with van der Waals surface area (Å²) in [4.78, 5) is 11.6. The minimum Gasteiger partial charge on any atom is -0.352 e. The number of hydrogen-bond donors (Lipinski definition) is 2. The van der Waals surface area contributed by atoms with Gasteiger partial charge >= 0.3 is 0 Å². The lowest BCUT2D eigenvalue weighted by Gasteiger charge is -2.16. The van der Waals surface area contributed by atoms with Gasteiger partial charge in [0.2, 0.25) is 5.91 Å². The van der Waals surface area contributed by atoms with E-state index in [4.69, 9.17) is 0 Å². The molecule has 3 heteroatoms. The summed E-state index contributed by atoms with van der Waals surface area (Å²) in [6.45, 7) is 0. The molecular formula is C15H20N2O.